The Hall–Kier alpha value is -2.66. The number of ether oxygens (including phenoxy) is 1. The predicted octanol–water partition coefficient (Wildman–Crippen LogP) is 3.87. The highest BCUT2D eigenvalue weighted by Crippen LogP contribution is 2.20. The van der Waals surface area contributed by atoms with Crippen LogP contribution in [0, 0.1) is 0 Å². The van der Waals surface area contributed by atoms with E-state index >= 15 is 0 Å². The summed E-state index contributed by atoms with van der Waals surface area (Å²) in [4.78, 5) is 35.8. The molecule has 2 rings (SSSR count). The number of esters is 1. The molecule has 0 heterocycles. The van der Waals surface area contributed by atoms with E-state index in [2.05, 4.69) is 5.32 Å². The van der Waals surface area contributed by atoms with E-state index in [0.29, 0.717) is 16.3 Å². The molecule has 0 aliphatic carbocycles. The largest absolute Gasteiger partial charge is 0.454 e. The fourth-order valence-electron chi connectivity index (χ4n) is 2.14. The van der Waals surface area contributed by atoms with E-state index in [9.17, 15) is 14.4 Å². The Bertz CT molecular complexity index is 761. The smallest absolute Gasteiger partial charge is 0.307 e. The van der Waals surface area contributed by atoms with E-state index < -0.39 is 12.1 Å². The standard InChI is InChI=1S/C19H18ClNO4/c1-13(19(24)14-7-3-2-4-8-14)25-18(23)12-11-17(22)21-16-10-6-5-9-15(16)20/h2-10,13H,11-12H2,1H3,(H,21,22)/t13-/m0/s1. The third kappa shape index (κ3) is 5.72. The molecule has 1 N–H and O–H groups in total. The van der Waals surface area contributed by atoms with Gasteiger partial charge in [-0.15, -0.1) is 0 Å². The molecule has 0 saturated heterocycles. The number of benzene rings is 2. The summed E-state index contributed by atoms with van der Waals surface area (Å²) in [6.07, 6.45) is -1.08. The van der Waals surface area contributed by atoms with Crippen LogP contribution in [0.3, 0.4) is 0 Å². The summed E-state index contributed by atoms with van der Waals surface area (Å²) in [5, 5.41) is 3.04. The van der Waals surface area contributed by atoms with E-state index in [1.54, 1.807) is 54.6 Å². The topological polar surface area (TPSA) is 72.5 Å². The number of rotatable bonds is 7. The minimum absolute atomic E-state index is 0.0592. The summed E-state index contributed by atoms with van der Waals surface area (Å²) in [7, 11) is 0. The molecule has 0 radical (unpaired) electrons. The minimum atomic E-state index is -0.901. The molecule has 2 aromatic rings. The summed E-state index contributed by atoms with van der Waals surface area (Å²) < 4.78 is 5.10. The molecule has 0 spiro atoms. The number of nitrogens with one attached hydrogen (secondary N) is 1. The summed E-state index contributed by atoms with van der Waals surface area (Å²) in [6.45, 7) is 1.51. The van der Waals surface area contributed by atoms with Crippen LogP contribution in [0.15, 0.2) is 54.6 Å². The molecule has 1 amide bonds. The number of anilines is 1. The van der Waals surface area contributed by atoms with Crippen LogP contribution in [-0.4, -0.2) is 23.8 Å². The maximum atomic E-state index is 12.1. The number of para-hydroxylation sites is 1. The number of carbonyl (C=O) groups excluding carboxylic acids is 3. The fourth-order valence-corrected chi connectivity index (χ4v) is 2.32. The van der Waals surface area contributed by atoms with E-state index in [0.717, 1.165) is 0 Å². The first-order valence-electron chi connectivity index (χ1n) is 7.80. The lowest BCUT2D eigenvalue weighted by atomic mass is 10.1. The van der Waals surface area contributed by atoms with Crippen LogP contribution in [-0.2, 0) is 14.3 Å². The van der Waals surface area contributed by atoms with Crippen LogP contribution in [0.5, 0.6) is 0 Å². The highest BCUT2D eigenvalue weighted by molar-refractivity contribution is 6.33. The Balaban J connectivity index is 1.79. The molecule has 0 aliphatic rings. The van der Waals surface area contributed by atoms with Crippen LogP contribution in [0.1, 0.15) is 30.1 Å². The highest BCUT2D eigenvalue weighted by Gasteiger charge is 2.19. The van der Waals surface area contributed by atoms with Gasteiger partial charge in [-0.05, 0) is 19.1 Å². The number of ketones is 1. The third-order valence-electron chi connectivity index (χ3n) is 3.44. The monoisotopic (exact) mass is 359 g/mol. The molecule has 25 heavy (non-hydrogen) atoms. The molecular weight excluding hydrogens is 342 g/mol. The van der Waals surface area contributed by atoms with E-state index in [4.69, 9.17) is 16.3 Å². The number of hydrogen-bond donors (Lipinski definition) is 1. The van der Waals surface area contributed by atoms with Crippen molar-refractivity contribution in [3.05, 3.63) is 65.2 Å². The molecule has 0 saturated carbocycles. The molecule has 0 aliphatic heterocycles. The van der Waals surface area contributed by atoms with E-state index in [-0.39, 0.29) is 24.5 Å². The lowest BCUT2D eigenvalue weighted by Gasteiger charge is -2.12. The quantitative estimate of drug-likeness (QED) is 0.601. The Morgan fingerprint density at radius 3 is 2.32 bits per heavy atom. The van der Waals surface area contributed by atoms with Gasteiger partial charge < -0.3 is 10.1 Å². The van der Waals surface area contributed by atoms with Crippen LogP contribution < -0.4 is 5.32 Å². The van der Waals surface area contributed by atoms with Gasteiger partial charge in [-0.3, -0.25) is 14.4 Å². The summed E-state index contributed by atoms with van der Waals surface area (Å²) in [5.41, 5.74) is 0.953. The number of carbonyl (C=O) groups is 3. The molecule has 0 fully saturated rings. The SMILES string of the molecule is C[C@H](OC(=O)CCC(=O)Nc1ccccc1Cl)C(=O)c1ccccc1. The van der Waals surface area contributed by atoms with E-state index in [1.807, 2.05) is 0 Å². The molecule has 130 valence electrons. The Labute approximate surface area is 150 Å². The van der Waals surface area contributed by atoms with Crippen molar-refractivity contribution >= 4 is 34.9 Å². The van der Waals surface area contributed by atoms with Crippen molar-refractivity contribution in [2.75, 3.05) is 5.32 Å². The lowest BCUT2D eigenvalue weighted by molar-refractivity contribution is -0.147. The molecule has 5 nitrogen and oxygen atoms in total. The second-order valence-corrected chi connectivity index (χ2v) is 5.80. The number of halogens is 1. The molecule has 0 unspecified atom stereocenters. The average Bonchev–Trinajstić information content (AvgIpc) is 2.62. The maximum Gasteiger partial charge on any atom is 0.307 e. The minimum Gasteiger partial charge on any atom is -0.454 e. The van der Waals surface area contributed by atoms with Gasteiger partial charge in [0, 0.05) is 12.0 Å². The maximum absolute atomic E-state index is 12.1. The normalized spacial score (nSPS) is 11.4. The van der Waals surface area contributed by atoms with Gasteiger partial charge in [0.25, 0.3) is 0 Å². The van der Waals surface area contributed by atoms with Gasteiger partial charge in [-0.2, -0.15) is 0 Å². The molecule has 0 bridgehead atoms. The van der Waals surface area contributed by atoms with Gasteiger partial charge in [-0.25, -0.2) is 0 Å². The van der Waals surface area contributed by atoms with Crippen LogP contribution in [0.2, 0.25) is 5.02 Å². The zero-order chi connectivity index (χ0) is 18.2. The first kappa shape index (κ1) is 18.7. The van der Waals surface area contributed by atoms with Gasteiger partial charge in [-0.1, -0.05) is 54.1 Å². The molecular formula is C19H18ClNO4. The third-order valence-corrected chi connectivity index (χ3v) is 3.77. The van der Waals surface area contributed by atoms with Crippen LogP contribution in [0.4, 0.5) is 5.69 Å². The van der Waals surface area contributed by atoms with Crippen LogP contribution in [0.25, 0.3) is 0 Å². The molecule has 1 atom stereocenters. The number of amides is 1. The second-order valence-electron chi connectivity index (χ2n) is 5.39. The zero-order valence-corrected chi connectivity index (χ0v) is 14.5. The van der Waals surface area contributed by atoms with Gasteiger partial charge in [0.1, 0.15) is 0 Å². The molecule has 0 aromatic heterocycles. The van der Waals surface area contributed by atoms with Crippen molar-refractivity contribution in [1.29, 1.82) is 0 Å². The highest BCUT2D eigenvalue weighted by atomic mass is 35.5. The van der Waals surface area contributed by atoms with Crippen molar-refractivity contribution in [3.63, 3.8) is 0 Å². The van der Waals surface area contributed by atoms with Gasteiger partial charge in [0.2, 0.25) is 11.7 Å². The number of hydrogen-bond acceptors (Lipinski definition) is 4. The summed E-state index contributed by atoms with van der Waals surface area (Å²) in [6, 6.07) is 15.4. The molecule has 2 aromatic carbocycles. The molecule has 6 heteroatoms. The first-order chi connectivity index (χ1) is 12.0. The Morgan fingerprint density at radius 1 is 1.00 bits per heavy atom. The van der Waals surface area contributed by atoms with Crippen molar-refractivity contribution in [3.8, 4) is 0 Å². The average molecular weight is 360 g/mol. The Morgan fingerprint density at radius 2 is 1.64 bits per heavy atom. The summed E-state index contributed by atoms with van der Waals surface area (Å²) >= 11 is 5.95. The fraction of sp³-hybridized carbons (Fsp3) is 0.211. The van der Waals surface area contributed by atoms with Crippen molar-refractivity contribution in [2.24, 2.45) is 0 Å². The predicted molar refractivity (Wildman–Crippen MR) is 95.6 cm³/mol. The number of Topliss-reactive ketones (excluding diaryl/α,β-unsaturated/α-hetero) is 1. The van der Waals surface area contributed by atoms with E-state index in [1.165, 1.54) is 6.92 Å². The zero-order valence-electron chi connectivity index (χ0n) is 13.7. The van der Waals surface area contributed by atoms with Gasteiger partial charge in [0.15, 0.2) is 6.10 Å². The van der Waals surface area contributed by atoms with Crippen molar-refractivity contribution < 1.29 is 19.1 Å². The van der Waals surface area contributed by atoms with Crippen LogP contribution >= 0.6 is 11.6 Å². The first-order valence-corrected chi connectivity index (χ1v) is 8.18. The second kappa shape index (κ2) is 8.99. The lowest BCUT2D eigenvalue weighted by Crippen LogP contribution is -2.25. The summed E-state index contributed by atoms with van der Waals surface area (Å²) in [5.74, 6) is -1.24. The van der Waals surface area contributed by atoms with Gasteiger partial charge in [0.05, 0.1) is 17.1 Å². The van der Waals surface area contributed by atoms with Gasteiger partial charge >= 0.3 is 5.97 Å². The van der Waals surface area contributed by atoms with Crippen molar-refractivity contribution in [2.45, 2.75) is 25.9 Å². The Kier molecular flexibility index (Phi) is 6.71. The van der Waals surface area contributed by atoms with Crippen molar-refractivity contribution in [1.82, 2.24) is 0 Å².